The van der Waals surface area contributed by atoms with E-state index in [0.717, 1.165) is 39.1 Å². The third kappa shape index (κ3) is 3.71. The number of anilines is 1. The summed E-state index contributed by atoms with van der Waals surface area (Å²) in [6.07, 6.45) is 1.01. The molecule has 1 aliphatic rings. The predicted octanol–water partition coefficient (Wildman–Crippen LogP) is 2.73. The van der Waals surface area contributed by atoms with Gasteiger partial charge >= 0.3 is 0 Å². The molecule has 3 nitrogen and oxygen atoms in total. The molecular weight excluding hydrogens is 234 g/mol. The molecule has 1 aromatic rings. The van der Waals surface area contributed by atoms with Gasteiger partial charge < -0.3 is 9.74 Å². The summed E-state index contributed by atoms with van der Waals surface area (Å²) in [5.41, 5.74) is 4.09. The van der Waals surface area contributed by atoms with Crippen molar-refractivity contribution in [1.29, 1.82) is 0 Å². The van der Waals surface area contributed by atoms with Crippen LogP contribution in [0, 0.1) is 20.4 Å². The van der Waals surface area contributed by atoms with Crippen molar-refractivity contribution in [3.63, 3.8) is 0 Å². The van der Waals surface area contributed by atoms with E-state index < -0.39 is 0 Å². The van der Waals surface area contributed by atoms with Crippen molar-refractivity contribution in [2.24, 2.45) is 0 Å². The maximum absolute atomic E-state index is 6.80. The average Bonchev–Trinajstić information content (AvgIpc) is 2.40. The summed E-state index contributed by atoms with van der Waals surface area (Å²) in [5.74, 6) is 0. The second kappa shape index (κ2) is 6.58. The Morgan fingerprint density at radius 1 is 1.16 bits per heavy atom. The lowest BCUT2D eigenvalue weighted by Gasteiger charge is -2.36. The van der Waals surface area contributed by atoms with E-state index in [1.54, 1.807) is 0 Å². The molecule has 1 aromatic carbocycles. The number of nitrogens with zero attached hydrogens (tertiary/aromatic N) is 3. The summed E-state index contributed by atoms with van der Waals surface area (Å²) >= 11 is 0. The molecule has 0 bridgehead atoms. The first kappa shape index (κ1) is 13.9. The zero-order valence-electron chi connectivity index (χ0n) is 12.0. The molecule has 0 saturated carbocycles. The van der Waals surface area contributed by atoms with Crippen molar-refractivity contribution in [2.45, 2.75) is 20.3 Å². The van der Waals surface area contributed by atoms with Gasteiger partial charge in [0, 0.05) is 44.8 Å². The van der Waals surface area contributed by atoms with E-state index >= 15 is 0 Å². The molecule has 0 radical (unpaired) electrons. The van der Waals surface area contributed by atoms with Gasteiger partial charge in [-0.25, -0.2) is 6.57 Å². The fraction of sp³-hybridized carbons (Fsp3) is 0.562. The van der Waals surface area contributed by atoms with Crippen molar-refractivity contribution < 1.29 is 0 Å². The van der Waals surface area contributed by atoms with Gasteiger partial charge in [-0.2, -0.15) is 0 Å². The van der Waals surface area contributed by atoms with E-state index in [2.05, 4.69) is 46.7 Å². The summed E-state index contributed by atoms with van der Waals surface area (Å²) in [7, 11) is 0. The van der Waals surface area contributed by atoms with Crippen LogP contribution in [0.3, 0.4) is 0 Å². The van der Waals surface area contributed by atoms with Crippen molar-refractivity contribution in [1.82, 2.24) is 4.90 Å². The van der Waals surface area contributed by atoms with Crippen molar-refractivity contribution in [2.75, 3.05) is 44.2 Å². The highest BCUT2D eigenvalue weighted by Gasteiger charge is 2.18. The molecule has 19 heavy (non-hydrogen) atoms. The fourth-order valence-electron chi connectivity index (χ4n) is 2.75. The molecular formula is C16H23N3. The molecule has 1 fully saturated rings. The minimum absolute atomic E-state index is 0.664. The average molecular weight is 257 g/mol. The Morgan fingerprint density at radius 2 is 1.89 bits per heavy atom. The van der Waals surface area contributed by atoms with E-state index in [9.17, 15) is 0 Å². The van der Waals surface area contributed by atoms with Crippen LogP contribution in [-0.4, -0.2) is 44.2 Å². The van der Waals surface area contributed by atoms with Gasteiger partial charge in [0.1, 0.15) is 0 Å². The Hall–Kier alpha value is -1.53. The molecule has 0 aromatic heterocycles. The summed E-state index contributed by atoms with van der Waals surface area (Å²) in [5, 5.41) is 0. The molecule has 3 heteroatoms. The number of rotatable bonds is 4. The first-order valence-electron chi connectivity index (χ1n) is 7.08. The van der Waals surface area contributed by atoms with Crippen molar-refractivity contribution in [3.8, 4) is 0 Å². The Labute approximate surface area is 116 Å². The van der Waals surface area contributed by atoms with Gasteiger partial charge in [-0.3, -0.25) is 4.90 Å². The number of benzene rings is 1. The molecule has 0 unspecified atom stereocenters. The summed E-state index contributed by atoms with van der Waals surface area (Å²) in [6.45, 7) is 17.3. The van der Waals surface area contributed by atoms with Gasteiger partial charge in [0.15, 0.2) is 0 Å². The zero-order valence-corrected chi connectivity index (χ0v) is 12.0. The van der Waals surface area contributed by atoms with Crippen LogP contribution >= 0.6 is 0 Å². The molecule has 1 saturated heterocycles. The highest BCUT2D eigenvalue weighted by Crippen LogP contribution is 2.22. The fourth-order valence-corrected chi connectivity index (χ4v) is 2.75. The van der Waals surface area contributed by atoms with Crippen molar-refractivity contribution >= 4 is 5.69 Å². The van der Waals surface area contributed by atoms with Crippen LogP contribution in [0.2, 0.25) is 0 Å². The Balaban J connectivity index is 1.87. The topological polar surface area (TPSA) is 10.8 Å². The summed E-state index contributed by atoms with van der Waals surface area (Å²) in [4.78, 5) is 8.38. The molecule has 0 N–H and O–H groups in total. The predicted molar refractivity (Wildman–Crippen MR) is 80.7 cm³/mol. The lowest BCUT2D eigenvalue weighted by atomic mass is 10.1. The van der Waals surface area contributed by atoms with Gasteiger partial charge in [-0.15, -0.1) is 0 Å². The quantitative estimate of drug-likeness (QED) is 0.607. The highest BCUT2D eigenvalue weighted by molar-refractivity contribution is 5.54. The van der Waals surface area contributed by atoms with E-state index in [1.165, 1.54) is 16.8 Å². The van der Waals surface area contributed by atoms with Gasteiger partial charge in [0.05, 0.1) is 0 Å². The third-order valence-electron chi connectivity index (χ3n) is 3.81. The molecule has 0 aliphatic carbocycles. The summed E-state index contributed by atoms with van der Waals surface area (Å²) in [6, 6.07) is 6.71. The Morgan fingerprint density at radius 3 is 2.53 bits per heavy atom. The maximum Gasteiger partial charge on any atom is 0.215 e. The molecule has 1 heterocycles. The van der Waals surface area contributed by atoms with Gasteiger partial charge in [0.2, 0.25) is 6.54 Å². The van der Waals surface area contributed by atoms with Gasteiger partial charge in [-0.1, -0.05) is 17.7 Å². The zero-order chi connectivity index (χ0) is 13.7. The van der Waals surface area contributed by atoms with Crippen LogP contribution in [0.1, 0.15) is 17.5 Å². The van der Waals surface area contributed by atoms with Crippen LogP contribution in [-0.2, 0) is 0 Å². The SMILES string of the molecule is [C-]#[N+]CCCN1CCN(c2ccc(C)cc2C)CC1. The van der Waals surface area contributed by atoms with Crippen LogP contribution < -0.4 is 4.90 Å². The number of piperazine rings is 1. The number of hydrogen-bond acceptors (Lipinski definition) is 2. The first-order chi connectivity index (χ1) is 9.20. The third-order valence-corrected chi connectivity index (χ3v) is 3.81. The highest BCUT2D eigenvalue weighted by atomic mass is 15.3. The molecule has 1 aliphatic heterocycles. The molecule has 0 spiro atoms. The second-order valence-electron chi connectivity index (χ2n) is 5.35. The first-order valence-corrected chi connectivity index (χ1v) is 7.08. The molecule has 0 amide bonds. The Bertz CT molecular complexity index is 454. The largest absolute Gasteiger partial charge is 0.369 e. The summed E-state index contributed by atoms with van der Waals surface area (Å²) < 4.78 is 0. The minimum atomic E-state index is 0.664. The number of aryl methyl sites for hydroxylation is 2. The lowest BCUT2D eigenvalue weighted by molar-refractivity contribution is 0.258. The van der Waals surface area contributed by atoms with Crippen LogP contribution in [0.25, 0.3) is 4.85 Å². The van der Waals surface area contributed by atoms with E-state index in [4.69, 9.17) is 6.57 Å². The van der Waals surface area contributed by atoms with E-state index in [-0.39, 0.29) is 0 Å². The van der Waals surface area contributed by atoms with Gasteiger partial charge in [0.25, 0.3) is 0 Å². The minimum Gasteiger partial charge on any atom is -0.369 e. The normalized spacial score (nSPS) is 16.4. The van der Waals surface area contributed by atoms with E-state index in [0.29, 0.717) is 6.54 Å². The monoisotopic (exact) mass is 257 g/mol. The van der Waals surface area contributed by atoms with Crippen LogP contribution in [0.4, 0.5) is 5.69 Å². The molecule has 2 rings (SSSR count). The second-order valence-corrected chi connectivity index (χ2v) is 5.35. The van der Waals surface area contributed by atoms with Crippen LogP contribution in [0.5, 0.6) is 0 Å². The number of hydrogen-bond donors (Lipinski definition) is 0. The smallest absolute Gasteiger partial charge is 0.215 e. The Kier molecular flexibility index (Phi) is 4.81. The van der Waals surface area contributed by atoms with Crippen LogP contribution in [0.15, 0.2) is 18.2 Å². The van der Waals surface area contributed by atoms with Gasteiger partial charge in [-0.05, 0) is 25.5 Å². The lowest BCUT2D eigenvalue weighted by Crippen LogP contribution is -2.46. The molecule has 0 atom stereocenters. The van der Waals surface area contributed by atoms with E-state index in [1.807, 2.05) is 0 Å². The van der Waals surface area contributed by atoms with Crippen molar-refractivity contribution in [3.05, 3.63) is 40.7 Å². The molecule has 102 valence electrons. The standard InChI is InChI=1S/C16H23N3/c1-14-5-6-16(15(2)13-14)19-11-9-18(10-12-19)8-4-7-17-3/h5-6,13H,4,7-12H2,1-2H3. The maximum atomic E-state index is 6.80.